The molecule has 0 fully saturated rings. The van der Waals surface area contributed by atoms with Gasteiger partial charge in [-0.3, -0.25) is 0 Å². The zero-order valence-corrected chi connectivity index (χ0v) is 11.2. The molecule has 0 aliphatic heterocycles. The van der Waals surface area contributed by atoms with Gasteiger partial charge in [-0.2, -0.15) is 0 Å². The summed E-state index contributed by atoms with van der Waals surface area (Å²) in [6, 6.07) is 10.5. The van der Waals surface area contributed by atoms with Gasteiger partial charge < -0.3 is 9.73 Å². The third-order valence-electron chi connectivity index (χ3n) is 2.66. The summed E-state index contributed by atoms with van der Waals surface area (Å²) in [5.41, 5.74) is 2.30. The van der Waals surface area contributed by atoms with Gasteiger partial charge in [0.05, 0.1) is 18.6 Å². The molecule has 0 saturated heterocycles. The molecule has 2 rings (SSSR count). The molecular formula is C15H17NOS. The van der Waals surface area contributed by atoms with E-state index in [9.17, 15) is 0 Å². The lowest BCUT2D eigenvalue weighted by atomic mass is 10.1. The summed E-state index contributed by atoms with van der Waals surface area (Å²) >= 11 is 1.78. The molecule has 1 aromatic carbocycles. The number of thioether (sulfide) groups is 1. The van der Waals surface area contributed by atoms with Crippen LogP contribution in [0.5, 0.6) is 0 Å². The number of benzene rings is 1. The maximum Gasteiger partial charge on any atom is 0.0955 e. The van der Waals surface area contributed by atoms with E-state index in [1.807, 2.05) is 18.2 Å². The molecule has 94 valence electrons. The van der Waals surface area contributed by atoms with Crippen LogP contribution in [-0.4, -0.2) is 5.75 Å². The Balaban J connectivity index is 2.10. The minimum Gasteiger partial charge on any atom is -0.472 e. The Morgan fingerprint density at radius 2 is 2.22 bits per heavy atom. The summed E-state index contributed by atoms with van der Waals surface area (Å²) in [4.78, 5) is 1.24. The molecule has 0 saturated carbocycles. The van der Waals surface area contributed by atoms with Crippen molar-refractivity contribution < 1.29 is 4.42 Å². The monoisotopic (exact) mass is 259 g/mol. The molecule has 1 heterocycles. The average Bonchev–Trinajstić information content (AvgIpc) is 2.91. The van der Waals surface area contributed by atoms with E-state index in [0.717, 1.165) is 17.0 Å². The van der Waals surface area contributed by atoms with Crippen molar-refractivity contribution in [2.45, 2.75) is 17.9 Å². The predicted octanol–water partition coefficient (Wildman–Crippen LogP) is 4.73. The third kappa shape index (κ3) is 3.20. The smallest absolute Gasteiger partial charge is 0.0955 e. The molecule has 0 aliphatic rings. The maximum absolute atomic E-state index is 5.11. The van der Waals surface area contributed by atoms with Crippen LogP contribution in [0.3, 0.4) is 0 Å². The van der Waals surface area contributed by atoms with Gasteiger partial charge >= 0.3 is 0 Å². The van der Waals surface area contributed by atoms with Crippen molar-refractivity contribution in [2.75, 3.05) is 11.1 Å². The second-order valence-electron chi connectivity index (χ2n) is 4.02. The van der Waals surface area contributed by atoms with Crippen molar-refractivity contribution in [3.05, 3.63) is 61.1 Å². The van der Waals surface area contributed by atoms with Gasteiger partial charge in [-0.05, 0) is 25.1 Å². The van der Waals surface area contributed by atoms with Crippen molar-refractivity contribution in [3.8, 4) is 0 Å². The average molecular weight is 259 g/mol. The first-order valence-electron chi connectivity index (χ1n) is 5.92. The highest BCUT2D eigenvalue weighted by Gasteiger charge is 2.08. The van der Waals surface area contributed by atoms with E-state index in [0.29, 0.717) is 0 Å². The fourth-order valence-corrected chi connectivity index (χ4v) is 2.45. The van der Waals surface area contributed by atoms with Crippen molar-refractivity contribution >= 4 is 17.4 Å². The summed E-state index contributed by atoms with van der Waals surface area (Å²) in [6.45, 7) is 5.88. The molecule has 3 heteroatoms. The van der Waals surface area contributed by atoms with E-state index < -0.39 is 0 Å². The second-order valence-corrected chi connectivity index (χ2v) is 5.08. The number of anilines is 1. The van der Waals surface area contributed by atoms with Crippen molar-refractivity contribution in [1.82, 2.24) is 0 Å². The summed E-state index contributed by atoms with van der Waals surface area (Å²) in [5, 5.41) is 3.51. The number of hydrogen-bond acceptors (Lipinski definition) is 3. The van der Waals surface area contributed by atoms with E-state index in [-0.39, 0.29) is 6.04 Å². The zero-order chi connectivity index (χ0) is 12.8. The second kappa shape index (κ2) is 6.36. The molecule has 1 unspecified atom stereocenters. The zero-order valence-electron chi connectivity index (χ0n) is 10.4. The summed E-state index contributed by atoms with van der Waals surface area (Å²) in [5.74, 6) is 0.915. The van der Waals surface area contributed by atoms with Crippen LogP contribution in [-0.2, 0) is 0 Å². The Morgan fingerprint density at radius 1 is 1.39 bits per heavy atom. The first kappa shape index (κ1) is 12.8. The van der Waals surface area contributed by atoms with Crippen LogP contribution >= 0.6 is 11.8 Å². The number of rotatable bonds is 6. The van der Waals surface area contributed by atoms with E-state index in [4.69, 9.17) is 4.42 Å². The lowest BCUT2D eigenvalue weighted by molar-refractivity contribution is 0.562. The Kier molecular flexibility index (Phi) is 4.53. The maximum atomic E-state index is 5.11. The Hall–Kier alpha value is -1.61. The largest absolute Gasteiger partial charge is 0.472 e. The first-order chi connectivity index (χ1) is 8.81. The van der Waals surface area contributed by atoms with E-state index >= 15 is 0 Å². The van der Waals surface area contributed by atoms with Gasteiger partial charge in [0.25, 0.3) is 0 Å². The number of furan rings is 1. The summed E-state index contributed by atoms with van der Waals surface area (Å²) < 4.78 is 5.11. The molecule has 1 aromatic heterocycles. The molecule has 0 spiro atoms. The third-order valence-corrected chi connectivity index (χ3v) is 3.73. The van der Waals surface area contributed by atoms with Gasteiger partial charge in [-0.1, -0.05) is 18.2 Å². The van der Waals surface area contributed by atoms with Gasteiger partial charge in [0.2, 0.25) is 0 Å². The number of hydrogen-bond donors (Lipinski definition) is 1. The molecule has 0 amide bonds. The quantitative estimate of drug-likeness (QED) is 0.599. The summed E-state index contributed by atoms with van der Waals surface area (Å²) in [6.07, 6.45) is 5.39. The topological polar surface area (TPSA) is 25.2 Å². The first-order valence-corrected chi connectivity index (χ1v) is 6.91. The van der Waals surface area contributed by atoms with Gasteiger partial charge in [0.1, 0.15) is 0 Å². The highest BCUT2D eigenvalue weighted by atomic mass is 32.2. The number of nitrogens with one attached hydrogen (secondary N) is 1. The van der Waals surface area contributed by atoms with Gasteiger partial charge in [0, 0.05) is 21.9 Å². The van der Waals surface area contributed by atoms with Crippen molar-refractivity contribution in [1.29, 1.82) is 0 Å². The minimum absolute atomic E-state index is 0.231. The van der Waals surface area contributed by atoms with E-state index in [1.165, 1.54) is 4.90 Å². The highest BCUT2D eigenvalue weighted by molar-refractivity contribution is 7.99. The minimum atomic E-state index is 0.231. The molecule has 0 radical (unpaired) electrons. The predicted molar refractivity (Wildman–Crippen MR) is 78.1 cm³/mol. The molecular weight excluding hydrogens is 242 g/mol. The lowest BCUT2D eigenvalue weighted by Gasteiger charge is -2.16. The molecule has 1 atom stereocenters. The molecule has 1 N–H and O–H groups in total. The fourth-order valence-electron chi connectivity index (χ4n) is 1.70. The van der Waals surface area contributed by atoms with Gasteiger partial charge in [-0.25, -0.2) is 0 Å². The van der Waals surface area contributed by atoms with Gasteiger partial charge in [0.15, 0.2) is 0 Å². The molecule has 0 aliphatic carbocycles. The van der Waals surface area contributed by atoms with Crippen LogP contribution in [0, 0.1) is 0 Å². The van der Waals surface area contributed by atoms with E-state index in [2.05, 4.69) is 37.0 Å². The normalized spacial score (nSPS) is 12.1. The Morgan fingerprint density at radius 3 is 2.94 bits per heavy atom. The molecule has 18 heavy (non-hydrogen) atoms. The molecule has 2 aromatic rings. The SMILES string of the molecule is C=CCSc1ccccc1NC(C)c1ccoc1. The molecule has 0 bridgehead atoms. The highest BCUT2D eigenvalue weighted by Crippen LogP contribution is 2.29. The van der Waals surface area contributed by atoms with Crippen molar-refractivity contribution in [3.63, 3.8) is 0 Å². The lowest BCUT2D eigenvalue weighted by Crippen LogP contribution is -2.06. The van der Waals surface area contributed by atoms with Crippen molar-refractivity contribution in [2.24, 2.45) is 0 Å². The Labute approximate surface area is 112 Å². The Bertz CT molecular complexity index is 493. The van der Waals surface area contributed by atoms with Crippen LogP contribution in [0.1, 0.15) is 18.5 Å². The van der Waals surface area contributed by atoms with Gasteiger partial charge in [-0.15, -0.1) is 18.3 Å². The fraction of sp³-hybridized carbons (Fsp3) is 0.200. The summed E-state index contributed by atoms with van der Waals surface area (Å²) in [7, 11) is 0. The number of para-hydroxylation sites is 1. The van der Waals surface area contributed by atoms with Crippen LogP contribution in [0.15, 0.2) is 64.8 Å². The van der Waals surface area contributed by atoms with Crippen LogP contribution in [0.25, 0.3) is 0 Å². The van der Waals surface area contributed by atoms with Crippen LogP contribution in [0.4, 0.5) is 5.69 Å². The van der Waals surface area contributed by atoms with E-state index in [1.54, 1.807) is 24.3 Å². The standard InChI is InChI=1S/C15H17NOS/c1-3-10-18-15-7-5-4-6-14(15)16-12(2)13-8-9-17-11-13/h3-9,11-12,16H,1,10H2,2H3. The van der Waals surface area contributed by atoms with Crippen LogP contribution < -0.4 is 5.32 Å². The molecule has 2 nitrogen and oxygen atoms in total. The van der Waals surface area contributed by atoms with Crippen LogP contribution in [0.2, 0.25) is 0 Å².